The van der Waals surface area contributed by atoms with Gasteiger partial charge in [-0.2, -0.15) is 5.10 Å². The highest BCUT2D eigenvalue weighted by Crippen LogP contribution is 2.10. The molecule has 0 atom stereocenters. The summed E-state index contributed by atoms with van der Waals surface area (Å²) in [6, 6.07) is 10.5. The molecule has 0 aliphatic heterocycles. The predicted octanol–water partition coefficient (Wildman–Crippen LogP) is 2.58. The second kappa shape index (κ2) is 4.64. The van der Waals surface area contributed by atoms with Crippen molar-refractivity contribution in [3.05, 3.63) is 47.8 Å². The van der Waals surface area contributed by atoms with Crippen molar-refractivity contribution in [2.24, 2.45) is 0 Å². The van der Waals surface area contributed by atoms with Crippen LogP contribution in [0.1, 0.15) is 18.2 Å². The van der Waals surface area contributed by atoms with Crippen LogP contribution < -0.4 is 5.32 Å². The zero-order chi connectivity index (χ0) is 10.5. The summed E-state index contributed by atoms with van der Waals surface area (Å²) in [5.41, 5.74) is 3.60. The van der Waals surface area contributed by atoms with E-state index in [-0.39, 0.29) is 0 Å². The molecule has 0 saturated heterocycles. The Balaban J connectivity index is 1.93. The van der Waals surface area contributed by atoms with Gasteiger partial charge in [0.1, 0.15) is 0 Å². The van der Waals surface area contributed by atoms with Gasteiger partial charge in [-0.3, -0.25) is 5.10 Å². The highest BCUT2D eigenvalue weighted by atomic mass is 15.1. The average molecular weight is 201 g/mol. The number of nitrogens with zero attached hydrogens (tertiary/aromatic N) is 1. The molecular weight excluding hydrogens is 186 g/mol. The minimum absolute atomic E-state index is 0.783. The molecule has 0 bridgehead atoms. The number of H-pyrrole nitrogens is 1. The lowest BCUT2D eigenvalue weighted by molar-refractivity contribution is 0.981. The van der Waals surface area contributed by atoms with Gasteiger partial charge in [-0.25, -0.2) is 0 Å². The topological polar surface area (TPSA) is 40.7 Å². The maximum Gasteiger partial charge on any atom is 0.0567 e. The summed E-state index contributed by atoms with van der Waals surface area (Å²) in [5.74, 6) is 0. The zero-order valence-corrected chi connectivity index (χ0v) is 8.83. The van der Waals surface area contributed by atoms with Crippen molar-refractivity contribution < 1.29 is 0 Å². The molecule has 1 heterocycles. The molecule has 0 unspecified atom stereocenters. The van der Waals surface area contributed by atoms with Crippen LogP contribution in [-0.2, 0) is 13.0 Å². The minimum atomic E-state index is 0.783. The predicted molar refractivity (Wildman–Crippen MR) is 61.7 cm³/mol. The monoisotopic (exact) mass is 201 g/mol. The van der Waals surface area contributed by atoms with Crippen molar-refractivity contribution in [2.45, 2.75) is 19.9 Å². The number of aromatic nitrogens is 2. The van der Waals surface area contributed by atoms with Crippen molar-refractivity contribution in [1.29, 1.82) is 0 Å². The molecule has 1 aromatic heterocycles. The summed E-state index contributed by atoms with van der Waals surface area (Å²) in [7, 11) is 0. The van der Waals surface area contributed by atoms with E-state index in [1.165, 1.54) is 5.56 Å². The molecule has 0 amide bonds. The Morgan fingerprint density at radius 3 is 2.60 bits per heavy atom. The van der Waals surface area contributed by atoms with Gasteiger partial charge in [0, 0.05) is 11.9 Å². The molecule has 2 rings (SSSR count). The van der Waals surface area contributed by atoms with Crippen LogP contribution in [0, 0.1) is 0 Å². The Hall–Kier alpha value is -1.77. The Kier molecular flexibility index (Phi) is 3.02. The van der Waals surface area contributed by atoms with Gasteiger partial charge in [-0.05, 0) is 30.2 Å². The molecular formula is C12H15N3. The SMILES string of the molecule is CCc1ccc(NCc2ccn[nH]2)cc1. The second-order valence-corrected chi connectivity index (χ2v) is 3.49. The lowest BCUT2D eigenvalue weighted by Crippen LogP contribution is -1.99. The third kappa shape index (κ3) is 2.59. The smallest absolute Gasteiger partial charge is 0.0567 e. The fourth-order valence-corrected chi connectivity index (χ4v) is 1.44. The van der Waals surface area contributed by atoms with Crippen LogP contribution in [-0.4, -0.2) is 10.2 Å². The van der Waals surface area contributed by atoms with Crippen LogP contribution >= 0.6 is 0 Å². The van der Waals surface area contributed by atoms with Crippen LogP contribution in [0.5, 0.6) is 0 Å². The molecule has 0 spiro atoms. The van der Waals surface area contributed by atoms with E-state index in [2.05, 4.69) is 46.7 Å². The largest absolute Gasteiger partial charge is 0.379 e. The van der Waals surface area contributed by atoms with Gasteiger partial charge in [-0.15, -0.1) is 0 Å². The molecule has 78 valence electrons. The van der Waals surface area contributed by atoms with E-state index in [0.717, 1.165) is 24.3 Å². The Labute approximate surface area is 89.5 Å². The van der Waals surface area contributed by atoms with Gasteiger partial charge in [-0.1, -0.05) is 19.1 Å². The van der Waals surface area contributed by atoms with Crippen molar-refractivity contribution in [3.8, 4) is 0 Å². The number of aryl methyl sites for hydroxylation is 1. The number of aromatic amines is 1. The van der Waals surface area contributed by atoms with Crippen LogP contribution in [0.2, 0.25) is 0 Å². The molecule has 0 aliphatic rings. The number of nitrogens with one attached hydrogen (secondary N) is 2. The van der Waals surface area contributed by atoms with Crippen molar-refractivity contribution >= 4 is 5.69 Å². The standard InChI is InChI=1S/C12H15N3/c1-2-10-3-5-11(6-4-10)13-9-12-7-8-14-15-12/h3-8,13H,2,9H2,1H3,(H,14,15). The number of rotatable bonds is 4. The molecule has 15 heavy (non-hydrogen) atoms. The summed E-state index contributed by atoms with van der Waals surface area (Å²) < 4.78 is 0. The highest BCUT2D eigenvalue weighted by Gasteiger charge is 1.94. The molecule has 0 aliphatic carbocycles. The van der Waals surface area contributed by atoms with Gasteiger partial charge in [0.15, 0.2) is 0 Å². The maximum atomic E-state index is 3.90. The molecule has 3 nitrogen and oxygen atoms in total. The Morgan fingerprint density at radius 1 is 1.20 bits per heavy atom. The average Bonchev–Trinajstić information content (AvgIpc) is 2.80. The fraction of sp³-hybridized carbons (Fsp3) is 0.250. The van der Waals surface area contributed by atoms with E-state index >= 15 is 0 Å². The third-order valence-electron chi connectivity index (χ3n) is 2.40. The van der Waals surface area contributed by atoms with E-state index in [1.54, 1.807) is 6.20 Å². The first-order valence-corrected chi connectivity index (χ1v) is 5.19. The minimum Gasteiger partial charge on any atom is -0.379 e. The van der Waals surface area contributed by atoms with Crippen molar-refractivity contribution in [2.75, 3.05) is 5.32 Å². The molecule has 1 aromatic carbocycles. The van der Waals surface area contributed by atoms with E-state index in [0.29, 0.717) is 0 Å². The van der Waals surface area contributed by atoms with E-state index in [9.17, 15) is 0 Å². The first kappa shape index (κ1) is 9.77. The van der Waals surface area contributed by atoms with Crippen LogP contribution in [0.4, 0.5) is 5.69 Å². The number of hydrogen-bond donors (Lipinski definition) is 2. The van der Waals surface area contributed by atoms with Gasteiger partial charge in [0.05, 0.1) is 12.2 Å². The Morgan fingerprint density at radius 2 is 2.00 bits per heavy atom. The summed E-state index contributed by atoms with van der Waals surface area (Å²) in [4.78, 5) is 0. The zero-order valence-electron chi connectivity index (χ0n) is 8.83. The summed E-state index contributed by atoms with van der Waals surface area (Å²) in [5, 5.41) is 10.1. The summed E-state index contributed by atoms with van der Waals surface area (Å²) in [6.07, 6.45) is 2.85. The third-order valence-corrected chi connectivity index (χ3v) is 2.40. The lowest BCUT2D eigenvalue weighted by atomic mass is 10.1. The normalized spacial score (nSPS) is 10.2. The molecule has 2 aromatic rings. The molecule has 0 radical (unpaired) electrons. The second-order valence-electron chi connectivity index (χ2n) is 3.49. The van der Waals surface area contributed by atoms with Gasteiger partial charge in [0.2, 0.25) is 0 Å². The molecule has 2 N–H and O–H groups in total. The van der Waals surface area contributed by atoms with Crippen LogP contribution in [0.25, 0.3) is 0 Å². The van der Waals surface area contributed by atoms with Crippen LogP contribution in [0.3, 0.4) is 0 Å². The van der Waals surface area contributed by atoms with Gasteiger partial charge >= 0.3 is 0 Å². The van der Waals surface area contributed by atoms with E-state index < -0.39 is 0 Å². The lowest BCUT2D eigenvalue weighted by Gasteiger charge is -2.05. The van der Waals surface area contributed by atoms with E-state index in [4.69, 9.17) is 0 Å². The van der Waals surface area contributed by atoms with Crippen molar-refractivity contribution in [1.82, 2.24) is 10.2 Å². The maximum absolute atomic E-state index is 3.90. The van der Waals surface area contributed by atoms with E-state index in [1.807, 2.05) is 6.07 Å². The van der Waals surface area contributed by atoms with Gasteiger partial charge in [0.25, 0.3) is 0 Å². The summed E-state index contributed by atoms with van der Waals surface area (Å²) >= 11 is 0. The number of hydrogen-bond acceptors (Lipinski definition) is 2. The highest BCUT2D eigenvalue weighted by molar-refractivity contribution is 5.44. The fourth-order valence-electron chi connectivity index (χ4n) is 1.44. The first-order valence-electron chi connectivity index (χ1n) is 5.19. The summed E-state index contributed by atoms with van der Waals surface area (Å²) in [6.45, 7) is 2.94. The molecule has 0 fully saturated rings. The molecule has 0 saturated carbocycles. The van der Waals surface area contributed by atoms with Crippen molar-refractivity contribution in [3.63, 3.8) is 0 Å². The molecule has 3 heteroatoms. The Bertz CT molecular complexity index is 389. The quantitative estimate of drug-likeness (QED) is 0.798. The van der Waals surface area contributed by atoms with Crippen LogP contribution in [0.15, 0.2) is 36.5 Å². The number of anilines is 1. The number of benzene rings is 1. The first-order chi connectivity index (χ1) is 7.38. The van der Waals surface area contributed by atoms with Gasteiger partial charge < -0.3 is 5.32 Å².